The minimum Gasteiger partial charge on any atom is -0.384 e. The second-order valence-electron chi connectivity index (χ2n) is 6.62. The van der Waals surface area contributed by atoms with Gasteiger partial charge in [0, 0.05) is 0 Å². The fraction of sp³-hybridized carbons (Fsp3) is 0.739. The second kappa shape index (κ2) is 20.8. The van der Waals surface area contributed by atoms with E-state index in [-0.39, 0.29) is 6.61 Å². The Hall–Kier alpha value is -1.22. The van der Waals surface area contributed by atoms with Crippen molar-refractivity contribution in [3.05, 3.63) is 12.2 Å². The SMILES string of the molecule is CCCCCC/C=C\CCCCCCCCC[C@@H](O)C#CC#CCO. The third kappa shape index (κ3) is 20.7. The van der Waals surface area contributed by atoms with Crippen LogP contribution in [0.4, 0.5) is 0 Å². The summed E-state index contributed by atoms with van der Waals surface area (Å²) in [4.78, 5) is 0. The number of rotatable bonds is 15. The molecule has 142 valence electrons. The van der Waals surface area contributed by atoms with Crippen molar-refractivity contribution < 1.29 is 10.2 Å². The Labute approximate surface area is 156 Å². The first-order chi connectivity index (χ1) is 12.3. The van der Waals surface area contributed by atoms with Crippen molar-refractivity contribution in [2.45, 2.75) is 103 Å². The van der Waals surface area contributed by atoms with Gasteiger partial charge in [0.05, 0.1) is 0 Å². The molecule has 2 N–H and O–H groups in total. The maximum atomic E-state index is 9.64. The van der Waals surface area contributed by atoms with Gasteiger partial charge in [-0.05, 0) is 50.4 Å². The molecule has 0 aromatic heterocycles. The molecule has 0 spiro atoms. The molecule has 0 heterocycles. The lowest BCUT2D eigenvalue weighted by Gasteiger charge is -2.03. The summed E-state index contributed by atoms with van der Waals surface area (Å²) >= 11 is 0. The van der Waals surface area contributed by atoms with Crippen LogP contribution in [0.25, 0.3) is 0 Å². The van der Waals surface area contributed by atoms with Crippen molar-refractivity contribution >= 4 is 0 Å². The average molecular weight is 347 g/mol. The highest BCUT2D eigenvalue weighted by atomic mass is 16.3. The summed E-state index contributed by atoms with van der Waals surface area (Å²) in [6.07, 6.45) is 21.5. The highest BCUT2D eigenvalue weighted by molar-refractivity contribution is 5.27. The molecule has 0 aliphatic carbocycles. The van der Waals surface area contributed by atoms with Crippen molar-refractivity contribution in [2.24, 2.45) is 0 Å². The van der Waals surface area contributed by atoms with E-state index in [0.717, 1.165) is 12.8 Å². The largest absolute Gasteiger partial charge is 0.384 e. The summed E-state index contributed by atoms with van der Waals surface area (Å²) in [6.45, 7) is 2.08. The predicted octanol–water partition coefficient (Wildman–Crippen LogP) is 5.38. The van der Waals surface area contributed by atoms with Crippen LogP contribution in [-0.2, 0) is 0 Å². The first-order valence-electron chi connectivity index (χ1n) is 10.2. The Balaban J connectivity index is 3.28. The van der Waals surface area contributed by atoms with Crippen LogP contribution in [0.1, 0.15) is 96.8 Å². The molecule has 2 nitrogen and oxygen atoms in total. The number of aliphatic hydroxyl groups excluding tert-OH is 2. The second-order valence-corrected chi connectivity index (χ2v) is 6.62. The van der Waals surface area contributed by atoms with E-state index in [9.17, 15) is 5.11 Å². The molecule has 0 saturated heterocycles. The topological polar surface area (TPSA) is 40.5 Å². The van der Waals surface area contributed by atoms with Gasteiger partial charge in [-0.1, -0.05) is 82.3 Å². The molecular weight excluding hydrogens is 308 g/mol. The van der Waals surface area contributed by atoms with E-state index in [2.05, 4.69) is 42.8 Å². The van der Waals surface area contributed by atoms with Gasteiger partial charge in [-0.3, -0.25) is 0 Å². The van der Waals surface area contributed by atoms with Crippen LogP contribution in [0, 0.1) is 23.7 Å². The molecule has 0 aliphatic rings. The molecule has 25 heavy (non-hydrogen) atoms. The highest BCUT2D eigenvalue weighted by Crippen LogP contribution is 2.11. The molecule has 0 aromatic carbocycles. The maximum Gasteiger partial charge on any atom is 0.115 e. The highest BCUT2D eigenvalue weighted by Gasteiger charge is 1.98. The van der Waals surface area contributed by atoms with E-state index in [1.54, 1.807) is 0 Å². The van der Waals surface area contributed by atoms with Crippen molar-refractivity contribution in [3.63, 3.8) is 0 Å². The maximum absolute atomic E-state index is 9.64. The summed E-state index contributed by atoms with van der Waals surface area (Å²) in [7, 11) is 0. The van der Waals surface area contributed by atoms with Crippen LogP contribution >= 0.6 is 0 Å². The van der Waals surface area contributed by atoms with Gasteiger partial charge in [0.25, 0.3) is 0 Å². The van der Waals surface area contributed by atoms with Crippen LogP contribution in [-0.4, -0.2) is 22.9 Å². The third-order valence-electron chi connectivity index (χ3n) is 4.21. The first kappa shape index (κ1) is 23.8. The number of allylic oxidation sites excluding steroid dienone is 2. The van der Waals surface area contributed by atoms with E-state index in [1.165, 1.54) is 77.0 Å². The summed E-state index contributed by atoms with van der Waals surface area (Å²) in [5, 5.41) is 18.1. The zero-order chi connectivity index (χ0) is 18.4. The molecule has 0 unspecified atom stereocenters. The summed E-state index contributed by atoms with van der Waals surface area (Å²) < 4.78 is 0. The van der Waals surface area contributed by atoms with Gasteiger partial charge in [-0.2, -0.15) is 0 Å². The fourth-order valence-corrected chi connectivity index (χ4v) is 2.68. The van der Waals surface area contributed by atoms with Gasteiger partial charge in [-0.25, -0.2) is 0 Å². The smallest absolute Gasteiger partial charge is 0.115 e. The van der Waals surface area contributed by atoms with Crippen LogP contribution in [0.2, 0.25) is 0 Å². The Kier molecular flexibility index (Phi) is 19.8. The average Bonchev–Trinajstić information content (AvgIpc) is 2.62. The Bertz CT molecular complexity index is 417. The lowest BCUT2D eigenvalue weighted by molar-refractivity contribution is 0.217. The zero-order valence-corrected chi connectivity index (χ0v) is 16.2. The monoisotopic (exact) mass is 346 g/mol. The molecule has 0 radical (unpaired) electrons. The number of hydrogen-bond acceptors (Lipinski definition) is 2. The lowest BCUT2D eigenvalue weighted by atomic mass is 10.1. The van der Waals surface area contributed by atoms with Crippen LogP contribution in [0.3, 0.4) is 0 Å². The predicted molar refractivity (Wildman–Crippen MR) is 108 cm³/mol. The minimum absolute atomic E-state index is 0.180. The van der Waals surface area contributed by atoms with E-state index < -0.39 is 6.10 Å². The van der Waals surface area contributed by atoms with Crippen molar-refractivity contribution in [2.75, 3.05) is 6.61 Å². The zero-order valence-electron chi connectivity index (χ0n) is 16.2. The number of unbranched alkanes of at least 4 members (excludes halogenated alkanes) is 11. The standard InChI is InChI=1S/C23H38O2/c1-2-3-4-5-6-7-8-9-10-11-12-13-14-15-17-20-23(25)21-18-16-19-22-24/h7-8,23-25H,2-6,9-15,17,20,22H2,1H3/b8-7-/t23-/m1/s1. The summed E-state index contributed by atoms with van der Waals surface area (Å²) in [6, 6.07) is 0. The quantitative estimate of drug-likeness (QED) is 0.237. The third-order valence-corrected chi connectivity index (χ3v) is 4.21. The number of aliphatic hydroxyl groups is 2. The molecule has 0 aromatic rings. The molecular formula is C23H38O2. The van der Waals surface area contributed by atoms with Crippen LogP contribution < -0.4 is 0 Å². The van der Waals surface area contributed by atoms with Gasteiger partial charge in [0.1, 0.15) is 12.7 Å². The molecule has 0 bridgehead atoms. The molecule has 0 rings (SSSR count). The van der Waals surface area contributed by atoms with Crippen molar-refractivity contribution in [1.29, 1.82) is 0 Å². The number of hydrogen-bond donors (Lipinski definition) is 2. The van der Waals surface area contributed by atoms with Gasteiger partial charge in [-0.15, -0.1) is 0 Å². The fourth-order valence-electron chi connectivity index (χ4n) is 2.68. The summed E-state index contributed by atoms with van der Waals surface area (Å²) in [5.41, 5.74) is 0. The Morgan fingerprint density at radius 2 is 1.32 bits per heavy atom. The van der Waals surface area contributed by atoms with Crippen LogP contribution in [0.5, 0.6) is 0 Å². The Morgan fingerprint density at radius 1 is 0.760 bits per heavy atom. The minimum atomic E-state index is -0.582. The van der Waals surface area contributed by atoms with Gasteiger partial charge < -0.3 is 10.2 Å². The van der Waals surface area contributed by atoms with E-state index in [0.29, 0.717) is 0 Å². The van der Waals surface area contributed by atoms with Gasteiger partial charge >= 0.3 is 0 Å². The molecule has 2 heteroatoms. The molecule has 1 atom stereocenters. The molecule has 0 aliphatic heterocycles. The van der Waals surface area contributed by atoms with E-state index >= 15 is 0 Å². The van der Waals surface area contributed by atoms with Crippen molar-refractivity contribution in [3.8, 4) is 23.7 Å². The van der Waals surface area contributed by atoms with Gasteiger partial charge in [0.15, 0.2) is 0 Å². The molecule has 0 amide bonds. The van der Waals surface area contributed by atoms with E-state index in [1.807, 2.05) is 0 Å². The Morgan fingerprint density at radius 3 is 1.92 bits per heavy atom. The van der Waals surface area contributed by atoms with Crippen molar-refractivity contribution in [1.82, 2.24) is 0 Å². The molecule has 0 fully saturated rings. The van der Waals surface area contributed by atoms with Gasteiger partial charge in [0.2, 0.25) is 0 Å². The summed E-state index contributed by atoms with van der Waals surface area (Å²) in [5.74, 6) is 10.2. The first-order valence-corrected chi connectivity index (χ1v) is 10.2. The van der Waals surface area contributed by atoms with E-state index in [4.69, 9.17) is 5.11 Å². The van der Waals surface area contributed by atoms with Crippen LogP contribution in [0.15, 0.2) is 12.2 Å². The lowest BCUT2D eigenvalue weighted by Crippen LogP contribution is -2.01. The molecule has 0 saturated carbocycles. The normalized spacial score (nSPS) is 11.6.